The number of hydrogen-bond acceptors (Lipinski definition) is 5. The quantitative estimate of drug-likeness (QED) is 0.761. The molecule has 4 heterocycles. The first kappa shape index (κ1) is 15.6. The van der Waals surface area contributed by atoms with E-state index in [4.69, 9.17) is 11.6 Å². The van der Waals surface area contributed by atoms with Gasteiger partial charge >= 0.3 is 0 Å². The number of halogens is 1. The van der Waals surface area contributed by atoms with Gasteiger partial charge in [-0.25, -0.2) is 23.1 Å². The van der Waals surface area contributed by atoms with Gasteiger partial charge in [0, 0.05) is 12.7 Å². The first-order chi connectivity index (χ1) is 11.5. The van der Waals surface area contributed by atoms with E-state index >= 15 is 0 Å². The molecule has 1 unspecified atom stereocenters. The van der Waals surface area contributed by atoms with E-state index in [0.29, 0.717) is 23.7 Å². The smallest absolute Gasteiger partial charge is 0.260 e. The average Bonchev–Trinajstić information content (AvgIpc) is 3.06. The van der Waals surface area contributed by atoms with Crippen molar-refractivity contribution in [3.05, 3.63) is 41.2 Å². The summed E-state index contributed by atoms with van der Waals surface area (Å²) in [6.07, 6.45) is 3.10. The predicted molar refractivity (Wildman–Crippen MR) is 87.3 cm³/mol. The number of sulfonamides is 1. The van der Waals surface area contributed by atoms with E-state index in [1.165, 1.54) is 4.40 Å². The summed E-state index contributed by atoms with van der Waals surface area (Å²) in [5.41, 5.74) is 0.477. The van der Waals surface area contributed by atoms with Crippen LogP contribution in [0.15, 0.2) is 29.4 Å². The summed E-state index contributed by atoms with van der Waals surface area (Å²) < 4.78 is 31.7. The van der Waals surface area contributed by atoms with Crippen molar-refractivity contribution in [3.8, 4) is 0 Å². The van der Waals surface area contributed by atoms with E-state index in [1.54, 1.807) is 36.0 Å². The monoisotopic (exact) mass is 366 g/mol. The number of aryl methyl sites for hydroxylation is 2. The number of imidazole rings is 1. The van der Waals surface area contributed by atoms with E-state index in [1.807, 2.05) is 0 Å². The molecule has 0 bridgehead atoms. The third-order valence-corrected chi connectivity index (χ3v) is 5.85. The molecule has 0 fully saturated rings. The third-order valence-electron chi connectivity index (χ3n) is 3.98. The summed E-state index contributed by atoms with van der Waals surface area (Å²) in [6, 6.07) is 4.76. The molecule has 0 aliphatic carbocycles. The Kier molecular flexibility index (Phi) is 3.59. The Bertz CT molecular complexity index is 1030. The van der Waals surface area contributed by atoms with E-state index in [9.17, 15) is 8.42 Å². The highest BCUT2D eigenvalue weighted by Gasteiger charge is 2.31. The molecule has 1 aliphatic rings. The number of nitrogens with one attached hydrogen (secondary N) is 1. The molecule has 0 aromatic carbocycles. The summed E-state index contributed by atoms with van der Waals surface area (Å²) in [6.45, 7) is 2.53. The number of pyridine rings is 1. The SMILES string of the molecule is Cc1nc2n(n1)CCCC2NS(=O)(=O)c1c(Cl)nc2ccccn12. The minimum absolute atomic E-state index is 0.0536. The molecule has 3 aromatic heterocycles. The minimum atomic E-state index is -3.87. The van der Waals surface area contributed by atoms with Crippen LogP contribution in [0.25, 0.3) is 5.65 Å². The highest BCUT2D eigenvalue weighted by atomic mass is 35.5. The van der Waals surface area contributed by atoms with Crippen molar-refractivity contribution in [3.63, 3.8) is 0 Å². The number of nitrogens with zero attached hydrogens (tertiary/aromatic N) is 5. The maximum Gasteiger partial charge on any atom is 0.260 e. The predicted octanol–water partition coefficient (Wildman–Crippen LogP) is 1.70. The van der Waals surface area contributed by atoms with Crippen molar-refractivity contribution < 1.29 is 8.42 Å². The topological polar surface area (TPSA) is 94.2 Å². The second-order valence-electron chi connectivity index (χ2n) is 5.69. The molecule has 0 spiro atoms. The molecule has 24 heavy (non-hydrogen) atoms. The molecule has 1 N–H and O–H groups in total. The van der Waals surface area contributed by atoms with Crippen LogP contribution in [0.2, 0.25) is 5.15 Å². The molecule has 0 saturated carbocycles. The molecule has 0 amide bonds. The Morgan fingerprint density at radius 2 is 2.17 bits per heavy atom. The van der Waals surface area contributed by atoms with Crippen LogP contribution >= 0.6 is 11.6 Å². The normalized spacial score (nSPS) is 18.0. The van der Waals surface area contributed by atoms with Crippen LogP contribution in [-0.4, -0.2) is 32.6 Å². The van der Waals surface area contributed by atoms with Gasteiger partial charge in [0.25, 0.3) is 10.0 Å². The number of hydrogen-bond donors (Lipinski definition) is 1. The molecule has 10 heteroatoms. The maximum atomic E-state index is 12.9. The van der Waals surface area contributed by atoms with Crippen LogP contribution in [0.1, 0.15) is 30.5 Å². The molecule has 4 rings (SSSR count). The van der Waals surface area contributed by atoms with Crippen molar-refractivity contribution in [2.75, 3.05) is 0 Å². The van der Waals surface area contributed by atoms with Crippen LogP contribution in [0, 0.1) is 6.92 Å². The lowest BCUT2D eigenvalue weighted by atomic mass is 10.1. The summed E-state index contributed by atoms with van der Waals surface area (Å²) >= 11 is 6.09. The third kappa shape index (κ3) is 2.48. The van der Waals surface area contributed by atoms with Gasteiger partial charge in [0.05, 0.1) is 6.04 Å². The molecule has 0 radical (unpaired) electrons. The van der Waals surface area contributed by atoms with Gasteiger partial charge in [0.1, 0.15) is 17.3 Å². The minimum Gasteiger partial charge on any atom is -0.288 e. The van der Waals surface area contributed by atoms with Gasteiger partial charge in [-0.1, -0.05) is 17.7 Å². The molecule has 1 aliphatic heterocycles. The zero-order valence-corrected chi connectivity index (χ0v) is 14.4. The number of fused-ring (bicyclic) bond motifs is 2. The van der Waals surface area contributed by atoms with Crippen LogP contribution in [0.4, 0.5) is 0 Å². The van der Waals surface area contributed by atoms with Gasteiger partial charge in [-0.2, -0.15) is 9.82 Å². The van der Waals surface area contributed by atoms with Crippen molar-refractivity contribution in [2.45, 2.75) is 37.4 Å². The van der Waals surface area contributed by atoms with Crippen LogP contribution in [-0.2, 0) is 16.6 Å². The zero-order valence-electron chi connectivity index (χ0n) is 12.8. The van der Waals surface area contributed by atoms with Crippen LogP contribution in [0.3, 0.4) is 0 Å². The maximum absolute atomic E-state index is 12.9. The Morgan fingerprint density at radius 3 is 3.00 bits per heavy atom. The van der Waals surface area contributed by atoms with Gasteiger partial charge < -0.3 is 0 Å². The lowest BCUT2D eigenvalue weighted by Gasteiger charge is -2.22. The van der Waals surface area contributed by atoms with Crippen molar-refractivity contribution >= 4 is 27.3 Å². The molecular formula is C14H15ClN6O2S. The lowest BCUT2D eigenvalue weighted by molar-refractivity contribution is 0.399. The molecule has 8 nitrogen and oxygen atoms in total. The number of rotatable bonds is 3. The van der Waals surface area contributed by atoms with Gasteiger partial charge in [0.15, 0.2) is 10.2 Å². The van der Waals surface area contributed by atoms with E-state index in [-0.39, 0.29) is 10.2 Å². The van der Waals surface area contributed by atoms with E-state index < -0.39 is 16.1 Å². The van der Waals surface area contributed by atoms with E-state index in [0.717, 1.165) is 13.0 Å². The largest absolute Gasteiger partial charge is 0.288 e. The van der Waals surface area contributed by atoms with Crippen molar-refractivity contribution in [1.82, 2.24) is 28.9 Å². The van der Waals surface area contributed by atoms with Gasteiger partial charge in [0.2, 0.25) is 0 Å². The Hall–Kier alpha value is -1.97. The molecule has 3 aromatic rings. The van der Waals surface area contributed by atoms with Gasteiger partial charge in [-0.3, -0.25) is 4.40 Å². The Balaban J connectivity index is 1.75. The summed E-state index contributed by atoms with van der Waals surface area (Å²) in [7, 11) is -3.87. The Labute approximate surface area is 143 Å². The fourth-order valence-electron chi connectivity index (χ4n) is 3.01. The van der Waals surface area contributed by atoms with Crippen LogP contribution in [0.5, 0.6) is 0 Å². The van der Waals surface area contributed by atoms with Crippen LogP contribution < -0.4 is 4.72 Å². The second-order valence-corrected chi connectivity index (χ2v) is 7.68. The van der Waals surface area contributed by atoms with E-state index in [2.05, 4.69) is 19.8 Å². The summed E-state index contributed by atoms with van der Waals surface area (Å²) in [5.74, 6) is 1.26. The Morgan fingerprint density at radius 1 is 1.33 bits per heavy atom. The summed E-state index contributed by atoms with van der Waals surface area (Å²) in [5, 5.41) is 4.17. The number of aromatic nitrogens is 5. The highest BCUT2D eigenvalue weighted by Crippen LogP contribution is 2.28. The van der Waals surface area contributed by atoms with Crippen molar-refractivity contribution in [2.24, 2.45) is 0 Å². The van der Waals surface area contributed by atoms with Gasteiger partial charge in [-0.05, 0) is 31.9 Å². The highest BCUT2D eigenvalue weighted by molar-refractivity contribution is 7.89. The first-order valence-electron chi connectivity index (χ1n) is 7.52. The second kappa shape index (κ2) is 5.54. The van der Waals surface area contributed by atoms with Crippen molar-refractivity contribution in [1.29, 1.82) is 0 Å². The molecular weight excluding hydrogens is 352 g/mol. The average molecular weight is 367 g/mol. The standard InChI is InChI=1S/C14H15ClN6O2S/c1-9-16-13-10(5-4-8-21(13)18-9)19-24(22,23)14-12(15)17-11-6-2-3-7-20(11)14/h2-3,6-7,10,19H,4-5,8H2,1H3. The lowest BCUT2D eigenvalue weighted by Crippen LogP contribution is -2.34. The fourth-order valence-corrected chi connectivity index (χ4v) is 4.88. The molecule has 0 saturated heterocycles. The van der Waals surface area contributed by atoms with Gasteiger partial charge in [-0.15, -0.1) is 0 Å². The molecule has 1 atom stereocenters. The zero-order chi connectivity index (χ0) is 16.9. The fraction of sp³-hybridized carbons (Fsp3) is 0.357. The molecule has 126 valence electrons. The first-order valence-corrected chi connectivity index (χ1v) is 9.38. The summed E-state index contributed by atoms with van der Waals surface area (Å²) in [4.78, 5) is 8.45.